The van der Waals surface area contributed by atoms with Crippen molar-refractivity contribution in [2.45, 2.75) is 36.6 Å². The van der Waals surface area contributed by atoms with Crippen LogP contribution < -0.4 is 16.2 Å². The number of carbonyl (C=O) groups excluding carboxylic acids is 1. The summed E-state index contributed by atoms with van der Waals surface area (Å²) in [6.07, 6.45) is 4.62. The van der Waals surface area contributed by atoms with Crippen LogP contribution in [-0.4, -0.2) is 27.7 Å². The van der Waals surface area contributed by atoms with Crippen LogP contribution in [0.25, 0.3) is 0 Å². The van der Waals surface area contributed by atoms with Crippen LogP contribution in [0.4, 0.5) is 5.69 Å². The molecule has 7 nitrogen and oxygen atoms in total. The number of thiocarbonyl (C=S) groups is 1. The molecule has 124 valence electrons. The van der Waals surface area contributed by atoms with Crippen molar-refractivity contribution in [3.8, 4) is 0 Å². The minimum atomic E-state index is -0.455. The van der Waals surface area contributed by atoms with Crippen molar-refractivity contribution in [2.24, 2.45) is 0 Å². The van der Waals surface area contributed by atoms with Gasteiger partial charge in [-0.05, 0) is 37.2 Å². The number of hydrogen-bond acceptors (Lipinski definition) is 5. The molecule has 0 bridgehead atoms. The number of thioether (sulfide) groups is 1. The minimum Gasteiger partial charge on any atom is -0.359 e. The van der Waals surface area contributed by atoms with Crippen molar-refractivity contribution in [3.63, 3.8) is 0 Å². The normalized spacial score (nSPS) is 14.3. The fourth-order valence-corrected chi connectivity index (χ4v) is 3.18. The van der Waals surface area contributed by atoms with Crippen LogP contribution in [0, 0.1) is 10.1 Å². The van der Waals surface area contributed by atoms with E-state index < -0.39 is 4.92 Å². The summed E-state index contributed by atoms with van der Waals surface area (Å²) in [6.45, 7) is 0. The zero-order valence-electron chi connectivity index (χ0n) is 12.4. The smallest absolute Gasteiger partial charge is 0.269 e. The van der Waals surface area contributed by atoms with Gasteiger partial charge in [0.1, 0.15) is 0 Å². The molecule has 1 aromatic rings. The van der Waals surface area contributed by atoms with Gasteiger partial charge in [-0.15, -0.1) is 11.8 Å². The van der Waals surface area contributed by atoms with Crippen molar-refractivity contribution >= 4 is 40.7 Å². The van der Waals surface area contributed by atoms with Gasteiger partial charge in [-0.3, -0.25) is 25.8 Å². The van der Waals surface area contributed by atoms with Crippen molar-refractivity contribution in [1.29, 1.82) is 0 Å². The fraction of sp³-hybridized carbons (Fsp3) is 0.429. The highest BCUT2D eigenvalue weighted by atomic mass is 32.2. The molecule has 0 radical (unpaired) electrons. The van der Waals surface area contributed by atoms with Crippen LogP contribution in [-0.2, 0) is 4.79 Å². The van der Waals surface area contributed by atoms with E-state index in [1.54, 1.807) is 12.1 Å². The number of nitrogens with zero attached hydrogens (tertiary/aromatic N) is 1. The molecule has 0 atom stereocenters. The molecule has 23 heavy (non-hydrogen) atoms. The highest BCUT2D eigenvalue weighted by Gasteiger charge is 2.15. The molecule has 3 N–H and O–H groups in total. The number of hydrazine groups is 1. The highest BCUT2D eigenvalue weighted by molar-refractivity contribution is 8.00. The second kappa shape index (κ2) is 8.68. The van der Waals surface area contributed by atoms with Crippen molar-refractivity contribution in [1.82, 2.24) is 16.2 Å². The summed E-state index contributed by atoms with van der Waals surface area (Å²) in [5.74, 6) is -0.0273. The lowest BCUT2D eigenvalue weighted by Gasteiger charge is -2.16. The average molecular weight is 354 g/mol. The maximum atomic E-state index is 11.7. The number of amides is 1. The molecule has 1 fully saturated rings. The average Bonchev–Trinajstić information content (AvgIpc) is 3.04. The highest BCUT2D eigenvalue weighted by Crippen LogP contribution is 2.21. The Bertz CT molecular complexity index is 574. The quantitative estimate of drug-likeness (QED) is 0.322. The maximum Gasteiger partial charge on any atom is 0.269 e. The Morgan fingerprint density at radius 1 is 1.26 bits per heavy atom. The van der Waals surface area contributed by atoms with Gasteiger partial charge in [-0.25, -0.2) is 0 Å². The van der Waals surface area contributed by atoms with Crippen LogP contribution in [0.3, 0.4) is 0 Å². The molecule has 2 rings (SSSR count). The summed E-state index contributed by atoms with van der Waals surface area (Å²) >= 11 is 6.41. The maximum absolute atomic E-state index is 11.7. The molecule has 0 saturated heterocycles. The number of nitrogens with one attached hydrogen (secondary N) is 3. The van der Waals surface area contributed by atoms with E-state index in [9.17, 15) is 14.9 Å². The van der Waals surface area contributed by atoms with Crippen molar-refractivity contribution in [2.75, 3.05) is 5.75 Å². The van der Waals surface area contributed by atoms with E-state index in [0.717, 1.165) is 17.7 Å². The van der Waals surface area contributed by atoms with Gasteiger partial charge in [0.2, 0.25) is 5.91 Å². The van der Waals surface area contributed by atoms with Crippen molar-refractivity contribution < 1.29 is 9.72 Å². The lowest BCUT2D eigenvalue weighted by atomic mass is 10.3. The molecule has 1 aliphatic carbocycles. The fourth-order valence-electron chi connectivity index (χ4n) is 2.27. The number of hydrogen-bond donors (Lipinski definition) is 3. The van der Waals surface area contributed by atoms with E-state index in [1.807, 2.05) is 0 Å². The summed E-state index contributed by atoms with van der Waals surface area (Å²) in [7, 11) is 0. The Kier molecular flexibility index (Phi) is 6.60. The first kappa shape index (κ1) is 17.5. The lowest BCUT2D eigenvalue weighted by molar-refractivity contribution is -0.384. The monoisotopic (exact) mass is 354 g/mol. The van der Waals surface area contributed by atoms with E-state index >= 15 is 0 Å². The van der Waals surface area contributed by atoms with Gasteiger partial charge in [0, 0.05) is 23.1 Å². The number of non-ortho nitro benzene ring substituents is 1. The van der Waals surface area contributed by atoms with Crippen LogP contribution in [0.5, 0.6) is 0 Å². The van der Waals surface area contributed by atoms with Gasteiger partial charge in [0.15, 0.2) is 5.11 Å². The molecule has 0 unspecified atom stereocenters. The first-order chi connectivity index (χ1) is 11.0. The first-order valence-corrected chi connectivity index (χ1v) is 8.66. The molecule has 1 aromatic carbocycles. The van der Waals surface area contributed by atoms with Gasteiger partial charge in [-0.2, -0.15) is 0 Å². The molecule has 0 aromatic heterocycles. The predicted molar refractivity (Wildman–Crippen MR) is 93.1 cm³/mol. The zero-order chi connectivity index (χ0) is 16.7. The van der Waals surface area contributed by atoms with E-state index in [1.165, 1.54) is 36.7 Å². The molecule has 9 heteroatoms. The minimum absolute atomic E-state index is 0.0313. The van der Waals surface area contributed by atoms with Gasteiger partial charge in [-0.1, -0.05) is 12.8 Å². The standard InChI is InChI=1S/C14H18N4O3S2/c19-13(16-17-14(22)15-10-3-1-2-4-10)9-23-12-7-5-11(6-8-12)18(20)21/h5-8,10H,1-4,9H2,(H,16,19)(H2,15,17,22). The summed E-state index contributed by atoms with van der Waals surface area (Å²) in [5, 5.41) is 14.1. The van der Waals surface area contributed by atoms with E-state index in [0.29, 0.717) is 11.2 Å². The van der Waals surface area contributed by atoms with E-state index in [2.05, 4.69) is 16.2 Å². The van der Waals surface area contributed by atoms with E-state index in [-0.39, 0.29) is 17.3 Å². The number of rotatable bonds is 5. The van der Waals surface area contributed by atoms with Crippen LogP contribution in [0.2, 0.25) is 0 Å². The Balaban J connectivity index is 1.66. The number of nitro groups is 1. The van der Waals surface area contributed by atoms with Crippen molar-refractivity contribution in [3.05, 3.63) is 34.4 Å². The van der Waals surface area contributed by atoms with Gasteiger partial charge in [0.05, 0.1) is 10.7 Å². The molecule has 1 saturated carbocycles. The topological polar surface area (TPSA) is 96.3 Å². The first-order valence-electron chi connectivity index (χ1n) is 7.27. The summed E-state index contributed by atoms with van der Waals surface area (Å²) in [6, 6.07) is 6.46. The third kappa shape index (κ3) is 6.03. The Hall–Kier alpha value is -1.87. The zero-order valence-corrected chi connectivity index (χ0v) is 14.0. The molecular weight excluding hydrogens is 336 g/mol. The third-order valence-corrected chi connectivity index (χ3v) is 4.66. The Labute approximate surface area is 143 Å². The molecule has 0 spiro atoms. The summed E-state index contributed by atoms with van der Waals surface area (Å²) in [5.41, 5.74) is 5.25. The van der Waals surface area contributed by atoms with Gasteiger partial charge >= 0.3 is 0 Å². The SMILES string of the molecule is O=C(CSc1ccc([N+](=O)[O-])cc1)NNC(=S)NC1CCCC1. The Morgan fingerprint density at radius 2 is 1.91 bits per heavy atom. The molecular formula is C14H18N4O3S2. The second-order valence-corrected chi connectivity index (χ2v) is 6.62. The second-order valence-electron chi connectivity index (χ2n) is 5.17. The molecule has 0 aliphatic heterocycles. The number of benzene rings is 1. The lowest BCUT2D eigenvalue weighted by Crippen LogP contribution is -2.49. The van der Waals surface area contributed by atoms with Gasteiger partial charge < -0.3 is 5.32 Å². The number of carbonyl (C=O) groups is 1. The Morgan fingerprint density at radius 3 is 2.52 bits per heavy atom. The van der Waals surface area contributed by atoms with E-state index in [4.69, 9.17) is 12.2 Å². The summed E-state index contributed by atoms with van der Waals surface area (Å²) < 4.78 is 0. The third-order valence-electron chi connectivity index (χ3n) is 3.42. The number of nitro benzene ring substituents is 1. The molecule has 1 aliphatic rings. The summed E-state index contributed by atoms with van der Waals surface area (Å²) in [4.78, 5) is 22.6. The molecule has 1 amide bonds. The van der Waals surface area contributed by atoms with Crippen LogP contribution in [0.15, 0.2) is 29.2 Å². The molecule has 0 heterocycles. The van der Waals surface area contributed by atoms with Crippen LogP contribution >= 0.6 is 24.0 Å². The largest absolute Gasteiger partial charge is 0.359 e. The predicted octanol–water partition coefficient (Wildman–Crippen LogP) is 2.12. The van der Waals surface area contributed by atoms with Gasteiger partial charge in [0.25, 0.3) is 5.69 Å². The van der Waals surface area contributed by atoms with Crippen LogP contribution in [0.1, 0.15) is 25.7 Å².